The molecule has 2 rings (SSSR count). The van der Waals surface area contributed by atoms with E-state index in [2.05, 4.69) is 10.7 Å². The van der Waals surface area contributed by atoms with Gasteiger partial charge in [0.1, 0.15) is 18.8 Å². The number of amides is 2. The summed E-state index contributed by atoms with van der Waals surface area (Å²) in [6, 6.07) is 18.5. The van der Waals surface area contributed by atoms with Gasteiger partial charge in [-0.05, 0) is 44.7 Å². The van der Waals surface area contributed by atoms with E-state index in [1.54, 1.807) is 20.8 Å². The molecule has 0 aliphatic heterocycles. The molecule has 236 valence electrons. The SMILES string of the molecule is CC(C)(C)OC(=O)[C@@H](CC(=O)O)C(N)NN(CCCCCCNC(=O)OCc1ccccc1)C(=O)OCc1ccccc1. The van der Waals surface area contributed by atoms with Crippen molar-refractivity contribution in [1.82, 2.24) is 15.8 Å². The molecule has 12 heteroatoms. The minimum Gasteiger partial charge on any atom is -0.481 e. The predicted molar refractivity (Wildman–Crippen MR) is 159 cm³/mol. The number of hydrazine groups is 1. The summed E-state index contributed by atoms with van der Waals surface area (Å²) in [5, 5.41) is 13.2. The molecule has 1 unspecified atom stereocenters. The Bertz CT molecular complexity index is 1140. The van der Waals surface area contributed by atoms with Crippen LogP contribution >= 0.6 is 0 Å². The summed E-state index contributed by atoms with van der Waals surface area (Å²) in [5.41, 5.74) is 9.82. The van der Waals surface area contributed by atoms with Crippen molar-refractivity contribution in [3.63, 3.8) is 0 Å². The van der Waals surface area contributed by atoms with Crippen LogP contribution < -0.4 is 16.5 Å². The van der Waals surface area contributed by atoms with Crippen LogP contribution in [0.15, 0.2) is 60.7 Å². The van der Waals surface area contributed by atoms with E-state index in [1.807, 2.05) is 60.7 Å². The summed E-state index contributed by atoms with van der Waals surface area (Å²) < 4.78 is 16.0. The molecule has 2 amide bonds. The summed E-state index contributed by atoms with van der Waals surface area (Å²) >= 11 is 0. The highest BCUT2D eigenvalue weighted by Crippen LogP contribution is 2.16. The molecule has 2 atom stereocenters. The normalized spacial score (nSPS) is 12.5. The van der Waals surface area contributed by atoms with Crippen LogP contribution in [-0.2, 0) is 37.0 Å². The van der Waals surface area contributed by atoms with Crippen LogP contribution in [0, 0.1) is 5.92 Å². The number of ether oxygens (including phenoxy) is 3. The molecule has 0 spiro atoms. The Labute approximate surface area is 252 Å². The Morgan fingerprint density at radius 2 is 1.42 bits per heavy atom. The Morgan fingerprint density at radius 1 is 0.860 bits per heavy atom. The number of unbranched alkanes of at least 4 members (excludes halogenated alkanes) is 3. The zero-order valence-electron chi connectivity index (χ0n) is 25.1. The third-order valence-electron chi connectivity index (χ3n) is 6.06. The number of hydrogen-bond acceptors (Lipinski definition) is 9. The average molecular weight is 601 g/mol. The summed E-state index contributed by atoms with van der Waals surface area (Å²) in [7, 11) is 0. The van der Waals surface area contributed by atoms with Crippen LogP contribution in [0.3, 0.4) is 0 Å². The highest BCUT2D eigenvalue weighted by atomic mass is 16.6. The lowest BCUT2D eigenvalue weighted by Crippen LogP contribution is -2.57. The molecular formula is C31H44N4O8. The van der Waals surface area contributed by atoms with Crippen LogP contribution in [0.25, 0.3) is 0 Å². The number of alkyl carbamates (subject to hydrolysis) is 1. The molecule has 0 radical (unpaired) electrons. The van der Waals surface area contributed by atoms with E-state index in [1.165, 1.54) is 0 Å². The summed E-state index contributed by atoms with van der Waals surface area (Å²) in [6.45, 7) is 5.83. The van der Waals surface area contributed by atoms with Crippen molar-refractivity contribution in [2.24, 2.45) is 11.7 Å². The molecule has 0 heterocycles. The molecule has 43 heavy (non-hydrogen) atoms. The zero-order valence-corrected chi connectivity index (χ0v) is 25.1. The van der Waals surface area contributed by atoms with E-state index in [4.69, 9.17) is 19.9 Å². The molecule has 12 nitrogen and oxygen atoms in total. The van der Waals surface area contributed by atoms with E-state index >= 15 is 0 Å². The van der Waals surface area contributed by atoms with E-state index < -0.39 is 48.2 Å². The molecule has 0 saturated carbocycles. The number of carboxylic acids is 1. The van der Waals surface area contributed by atoms with Crippen molar-refractivity contribution < 1.29 is 38.5 Å². The molecule has 0 aromatic heterocycles. The highest BCUT2D eigenvalue weighted by molar-refractivity contribution is 5.80. The lowest BCUT2D eigenvalue weighted by molar-refractivity contribution is -0.164. The first kappa shape index (κ1) is 35.0. The first-order valence-corrected chi connectivity index (χ1v) is 14.3. The van der Waals surface area contributed by atoms with Gasteiger partial charge in [0.25, 0.3) is 0 Å². The summed E-state index contributed by atoms with van der Waals surface area (Å²) in [5.74, 6) is -3.28. The quantitative estimate of drug-likeness (QED) is 0.0674. The minimum atomic E-state index is -1.26. The minimum absolute atomic E-state index is 0.0176. The van der Waals surface area contributed by atoms with Crippen molar-refractivity contribution >= 4 is 24.1 Å². The van der Waals surface area contributed by atoms with Crippen LogP contribution in [0.5, 0.6) is 0 Å². The van der Waals surface area contributed by atoms with Crippen molar-refractivity contribution in [3.05, 3.63) is 71.8 Å². The number of hydrogen-bond donors (Lipinski definition) is 4. The van der Waals surface area contributed by atoms with Gasteiger partial charge < -0.3 is 30.4 Å². The van der Waals surface area contributed by atoms with Gasteiger partial charge in [-0.25, -0.2) is 20.0 Å². The second-order valence-corrected chi connectivity index (χ2v) is 11.0. The fraction of sp³-hybridized carbons (Fsp3) is 0.484. The van der Waals surface area contributed by atoms with Gasteiger partial charge in [0.15, 0.2) is 0 Å². The number of carbonyl (C=O) groups is 4. The van der Waals surface area contributed by atoms with Crippen LogP contribution in [0.2, 0.25) is 0 Å². The van der Waals surface area contributed by atoms with Gasteiger partial charge in [0.05, 0.1) is 18.5 Å². The number of nitrogens with zero attached hydrogens (tertiary/aromatic N) is 1. The number of rotatable bonds is 17. The Balaban J connectivity index is 1.88. The maximum absolute atomic E-state index is 13.0. The molecule has 2 aromatic rings. The molecule has 0 fully saturated rings. The molecule has 0 aliphatic carbocycles. The van der Waals surface area contributed by atoms with Gasteiger partial charge in [-0.3, -0.25) is 9.59 Å². The van der Waals surface area contributed by atoms with Crippen molar-refractivity contribution in [3.8, 4) is 0 Å². The first-order valence-electron chi connectivity index (χ1n) is 14.3. The van der Waals surface area contributed by atoms with Crippen molar-refractivity contribution in [2.45, 2.75) is 77.9 Å². The second-order valence-electron chi connectivity index (χ2n) is 11.0. The number of aliphatic carboxylic acids is 1. The van der Waals surface area contributed by atoms with Crippen LogP contribution in [0.4, 0.5) is 9.59 Å². The van der Waals surface area contributed by atoms with Crippen molar-refractivity contribution in [2.75, 3.05) is 13.1 Å². The second kappa shape index (κ2) is 18.4. The maximum atomic E-state index is 13.0. The molecule has 5 N–H and O–H groups in total. The molecule has 0 saturated heterocycles. The first-order chi connectivity index (χ1) is 20.4. The van der Waals surface area contributed by atoms with Gasteiger partial charge in [0.2, 0.25) is 0 Å². The smallest absolute Gasteiger partial charge is 0.424 e. The average Bonchev–Trinajstić information content (AvgIpc) is 2.96. The van der Waals surface area contributed by atoms with Gasteiger partial charge in [-0.1, -0.05) is 73.5 Å². The third-order valence-corrected chi connectivity index (χ3v) is 6.06. The monoisotopic (exact) mass is 600 g/mol. The fourth-order valence-corrected chi connectivity index (χ4v) is 3.91. The molecule has 2 aromatic carbocycles. The number of benzene rings is 2. The van der Waals surface area contributed by atoms with E-state index in [0.717, 1.165) is 22.6 Å². The van der Waals surface area contributed by atoms with E-state index in [0.29, 0.717) is 25.8 Å². The third kappa shape index (κ3) is 15.0. The lowest BCUT2D eigenvalue weighted by Gasteiger charge is -2.31. The largest absolute Gasteiger partial charge is 0.481 e. The number of carboxylic acid groups (broad SMARTS) is 1. The number of nitrogens with two attached hydrogens (primary N) is 1. The standard InChI is InChI=1S/C31H44N4O8/c1-31(2,3)43-28(38)25(20-26(36)37)27(32)34-35(30(40)42-22-24-16-10-7-11-17-24)19-13-5-4-12-18-33-29(39)41-21-23-14-8-6-9-15-23/h6-11,14-17,25,27,34H,4-5,12-13,18-22,32H2,1-3H3,(H,33,39)(H,36,37)/t25-,27?/m0/s1. The fourth-order valence-electron chi connectivity index (χ4n) is 3.91. The molecule has 0 aliphatic rings. The van der Waals surface area contributed by atoms with Crippen LogP contribution in [0.1, 0.15) is 64.0 Å². The maximum Gasteiger partial charge on any atom is 0.424 e. The molecular weight excluding hydrogens is 556 g/mol. The molecule has 0 bridgehead atoms. The van der Waals surface area contributed by atoms with E-state index in [-0.39, 0.29) is 19.8 Å². The lowest BCUT2D eigenvalue weighted by atomic mass is 10.0. The Hall–Kier alpha value is -4.16. The van der Waals surface area contributed by atoms with Crippen molar-refractivity contribution in [1.29, 1.82) is 0 Å². The van der Waals surface area contributed by atoms with Gasteiger partial charge >= 0.3 is 24.1 Å². The highest BCUT2D eigenvalue weighted by Gasteiger charge is 2.34. The summed E-state index contributed by atoms with van der Waals surface area (Å²) in [4.78, 5) is 49.1. The topological polar surface area (TPSA) is 170 Å². The Kier molecular flexibility index (Phi) is 15.0. The zero-order chi connectivity index (χ0) is 31.7. The Morgan fingerprint density at radius 3 is 1.98 bits per heavy atom. The number of carbonyl (C=O) groups excluding carboxylic acids is 3. The summed E-state index contributed by atoms with van der Waals surface area (Å²) in [6.07, 6.45) is -0.310. The van der Waals surface area contributed by atoms with Gasteiger partial charge in [-0.15, -0.1) is 0 Å². The van der Waals surface area contributed by atoms with E-state index in [9.17, 15) is 24.3 Å². The van der Waals surface area contributed by atoms with Gasteiger partial charge in [0, 0.05) is 13.1 Å². The van der Waals surface area contributed by atoms with Crippen LogP contribution in [-0.4, -0.2) is 59.1 Å². The predicted octanol–water partition coefficient (Wildman–Crippen LogP) is 4.33. The number of nitrogens with one attached hydrogen (secondary N) is 2. The van der Waals surface area contributed by atoms with Gasteiger partial charge in [-0.2, -0.15) is 0 Å². The number of esters is 1.